The van der Waals surface area contributed by atoms with Crippen LogP contribution in [0.5, 0.6) is 0 Å². The van der Waals surface area contributed by atoms with Crippen LogP contribution in [-0.2, 0) is 15.4 Å². The highest BCUT2D eigenvalue weighted by molar-refractivity contribution is 9.08. The molecule has 1 aromatic carbocycles. The minimum Gasteiger partial charge on any atom is -0.207 e. The second-order valence-corrected chi connectivity index (χ2v) is 7.06. The van der Waals surface area contributed by atoms with Crippen LogP contribution in [0.4, 0.5) is 0 Å². The van der Waals surface area contributed by atoms with E-state index in [2.05, 4.69) is 15.9 Å². The highest BCUT2D eigenvalue weighted by Crippen LogP contribution is 2.17. The van der Waals surface area contributed by atoms with Gasteiger partial charge in [0.2, 0.25) is 10.0 Å². The van der Waals surface area contributed by atoms with Crippen LogP contribution in [0.3, 0.4) is 0 Å². The molecule has 0 aliphatic heterocycles. The van der Waals surface area contributed by atoms with Crippen LogP contribution >= 0.6 is 15.9 Å². The van der Waals surface area contributed by atoms with E-state index in [-0.39, 0.29) is 0 Å². The molecule has 0 aliphatic carbocycles. The SMILES string of the molecule is CC(C)CN(C)S(=O)(=O)c1ccc(CBr)cc1. The Labute approximate surface area is 112 Å². The predicted molar refractivity (Wildman–Crippen MR) is 73.7 cm³/mol. The topological polar surface area (TPSA) is 37.4 Å². The molecule has 0 amide bonds. The summed E-state index contributed by atoms with van der Waals surface area (Å²) in [5, 5.41) is 0.731. The largest absolute Gasteiger partial charge is 0.242 e. The van der Waals surface area contributed by atoms with Crippen LogP contribution in [-0.4, -0.2) is 26.3 Å². The van der Waals surface area contributed by atoms with Crippen molar-refractivity contribution in [3.8, 4) is 0 Å². The molecule has 0 fully saturated rings. The molecular formula is C12H18BrNO2S. The maximum Gasteiger partial charge on any atom is 0.242 e. The fraction of sp³-hybridized carbons (Fsp3) is 0.500. The van der Waals surface area contributed by atoms with Gasteiger partial charge in [-0.1, -0.05) is 41.9 Å². The molecule has 0 heterocycles. The molecule has 0 N–H and O–H groups in total. The molecule has 1 rings (SSSR count). The van der Waals surface area contributed by atoms with Crippen molar-refractivity contribution < 1.29 is 8.42 Å². The van der Waals surface area contributed by atoms with E-state index in [0.29, 0.717) is 17.4 Å². The van der Waals surface area contributed by atoms with Crippen molar-refractivity contribution in [2.45, 2.75) is 24.1 Å². The lowest BCUT2D eigenvalue weighted by atomic mass is 10.2. The van der Waals surface area contributed by atoms with Gasteiger partial charge in [-0.3, -0.25) is 0 Å². The molecule has 3 nitrogen and oxygen atoms in total. The summed E-state index contributed by atoms with van der Waals surface area (Å²) in [6.45, 7) is 4.53. The highest BCUT2D eigenvalue weighted by Gasteiger charge is 2.20. The van der Waals surface area contributed by atoms with Crippen molar-refractivity contribution in [3.05, 3.63) is 29.8 Å². The van der Waals surface area contributed by atoms with Gasteiger partial charge in [0.15, 0.2) is 0 Å². The first-order valence-corrected chi connectivity index (χ1v) is 8.05. The maximum absolute atomic E-state index is 12.2. The van der Waals surface area contributed by atoms with Crippen molar-refractivity contribution >= 4 is 26.0 Å². The zero-order valence-corrected chi connectivity index (χ0v) is 12.8. The third kappa shape index (κ3) is 3.79. The molecule has 0 atom stereocenters. The summed E-state index contributed by atoms with van der Waals surface area (Å²) < 4.78 is 25.8. The number of sulfonamides is 1. The fourth-order valence-electron chi connectivity index (χ4n) is 1.54. The van der Waals surface area contributed by atoms with Gasteiger partial charge in [-0.2, -0.15) is 0 Å². The normalized spacial score (nSPS) is 12.4. The van der Waals surface area contributed by atoms with Gasteiger partial charge in [-0.15, -0.1) is 0 Å². The van der Waals surface area contributed by atoms with E-state index in [0.717, 1.165) is 10.9 Å². The average Bonchev–Trinajstić information content (AvgIpc) is 2.28. The molecule has 0 aliphatic rings. The molecule has 0 aromatic heterocycles. The van der Waals surface area contributed by atoms with Crippen LogP contribution < -0.4 is 0 Å². The summed E-state index contributed by atoms with van der Waals surface area (Å²) in [5.41, 5.74) is 1.07. The number of hydrogen-bond donors (Lipinski definition) is 0. The van der Waals surface area contributed by atoms with E-state index >= 15 is 0 Å². The van der Waals surface area contributed by atoms with Gasteiger partial charge < -0.3 is 0 Å². The highest BCUT2D eigenvalue weighted by atomic mass is 79.9. The Morgan fingerprint density at radius 2 is 1.76 bits per heavy atom. The standard InChI is InChI=1S/C12H18BrNO2S/c1-10(2)9-14(3)17(15,16)12-6-4-11(8-13)5-7-12/h4-7,10H,8-9H2,1-3H3. The van der Waals surface area contributed by atoms with Gasteiger partial charge in [-0.25, -0.2) is 12.7 Å². The molecule has 0 saturated heterocycles. The van der Waals surface area contributed by atoms with Crippen LogP contribution in [0.2, 0.25) is 0 Å². The Hall–Kier alpha value is -0.390. The number of halogens is 1. The Kier molecular flexibility index (Phi) is 5.16. The second kappa shape index (κ2) is 5.98. The number of nitrogens with zero attached hydrogens (tertiary/aromatic N) is 1. The molecule has 0 radical (unpaired) electrons. The predicted octanol–water partition coefficient (Wildman–Crippen LogP) is 2.86. The van der Waals surface area contributed by atoms with Crippen LogP contribution in [0.25, 0.3) is 0 Å². The zero-order valence-electron chi connectivity index (χ0n) is 10.4. The summed E-state index contributed by atoms with van der Waals surface area (Å²) in [5.74, 6) is 0.316. The number of hydrogen-bond acceptors (Lipinski definition) is 2. The van der Waals surface area contributed by atoms with E-state index in [9.17, 15) is 8.42 Å². The van der Waals surface area contributed by atoms with Gasteiger partial charge in [0.1, 0.15) is 0 Å². The van der Waals surface area contributed by atoms with Crippen LogP contribution in [0, 0.1) is 5.92 Å². The third-order valence-electron chi connectivity index (χ3n) is 2.41. The first-order valence-electron chi connectivity index (χ1n) is 5.49. The van der Waals surface area contributed by atoms with Gasteiger partial charge in [0.25, 0.3) is 0 Å². The van der Waals surface area contributed by atoms with Crippen LogP contribution in [0.1, 0.15) is 19.4 Å². The van der Waals surface area contributed by atoms with Gasteiger partial charge in [-0.05, 0) is 23.6 Å². The van der Waals surface area contributed by atoms with Crippen LogP contribution in [0.15, 0.2) is 29.2 Å². The van der Waals surface area contributed by atoms with Crippen molar-refractivity contribution in [3.63, 3.8) is 0 Å². The molecule has 0 spiro atoms. The minimum atomic E-state index is -3.34. The number of rotatable bonds is 5. The Balaban J connectivity index is 2.96. The van der Waals surface area contributed by atoms with E-state index < -0.39 is 10.0 Å². The monoisotopic (exact) mass is 319 g/mol. The fourth-order valence-corrected chi connectivity index (χ4v) is 3.25. The second-order valence-electron chi connectivity index (χ2n) is 4.46. The van der Waals surface area contributed by atoms with E-state index in [1.807, 2.05) is 26.0 Å². The minimum absolute atomic E-state index is 0.316. The number of benzene rings is 1. The van der Waals surface area contributed by atoms with Gasteiger partial charge in [0.05, 0.1) is 4.90 Å². The average molecular weight is 320 g/mol. The van der Waals surface area contributed by atoms with Crippen molar-refractivity contribution in [1.29, 1.82) is 0 Å². The molecule has 96 valence electrons. The zero-order chi connectivity index (χ0) is 13.1. The molecule has 0 unspecified atom stereocenters. The molecule has 0 saturated carbocycles. The molecular weight excluding hydrogens is 302 g/mol. The van der Waals surface area contributed by atoms with Crippen molar-refractivity contribution in [1.82, 2.24) is 4.31 Å². The summed E-state index contributed by atoms with van der Waals surface area (Å²) in [6.07, 6.45) is 0. The van der Waals surface area contributed by atoms with E-state index in [1.165, 1.54) is 4.31 Å². The molecule has 17 heavy (non-hydrogen) atoms. The lowest BCUT2D eigenvalue weighted by Crippen LogP contribution is -2.30. The maximum atomic E-state index is 12.2. The Bertz CT molecular complexity index is 454. The number of alkyl halides is 1. The smallest absolute Gasteiger partial charge is 0.207 e. The third-order valence-corrected chi connectivity index (χ3v) is 4.89. The summed E-state index contributed by atoms with van der Waals surface area (Å²) in [4.78, 5) is 0.352. The Morgan fingerprint density at radius 3 is 2.18 bits per heavy atom. The van der Waals surface area contributed by atoms with E-state index in [1.54, 1.807) is 19.2 Å². The Morgan fingerprint density at radius 1 is 1.24 bits per heavy atom. The molecule has 0 bridgehead atoms. The van der Waals surface area contributed by atoms with Gasteiger partial charge in [0, 0.05) is 18.9 Å². The summed E-state index contributed by atoms with van der Waals surface area (Å²) >= 11 is 3.33. The first-order chi connectivity index (χ1) is 7.87. The molecule has 5 heteroatoms. The lowest BCUT2D eigenvalue weighted by molar-refractivity contribution is 0.417. The van der Waals surface area contributed by atoms with E-state index in [4.69, 9.17) is 0 Å². The van der Waals surface area contributed by atoms with Gasteiger partial charge >= 0.3 is 0 Å². The summed E-state index contributed by atoms with van der Waals surface area (Å²) in [7, 11) is -1.72. The van der Waals surface area contributed by atoms with Crippen molar-refractivity contribution in [2.24, 2.45) is 5.92 Å². The summed E-state index contributed by atoms with van der Waals surface area (Å²) in [6, 6.07) is 6.96. The van der Waals surface area contributed by atoms with Crippen molar-refractivity contribution in [2.75, 3.05) is 13.6 Å². The lowest BCUT2D eigenvalue weighted by Gasteiger charge is -2.19. The molecule has 1 aromatic rings. The first kappa shape index (κ1) is 14.7. The quantitative estimate of drug-likeness (QED) is 0.783.